The zero-order valence-electron chi connectivity index (χ0n) is 16.7. The molecule has 3 rings (SSSR count). The Morgan fingerprint density at radius 3 is 2.90 bits per heavy atom. The third-order valence-corrected chi connectivity index (χ3v) is 4.77. The summed E-state index contributed by atoms with van der Waals surface area (Å²) in [5.41, 5.74) is 9.08. The Morgan fingerprint density at radius 1 is 1.31 bits per heavy atom. The Bertz CT molecular complexity index is 880. The van der Waals surface area contributed by atoms with E-state index in [2.05, 4.69) is 25.3 Å². The van der Waals surface area contributed by atoms with Crippen molar-refractivity contribution in [2.75, 3.05) is 30.9 Å². The summed E-state index contributed by atoms with van der Waals surface area (Å²) in [7, 11) is 1.31. The van der Waals surface area contributed by atoms with Crippen molar-refractivity contribution in [3.05, 3.63) is 29.7 Å². The van der Waals surface area contributed by atoms with E-state index in [1.54, 1.807) is 25.1 Å². The van der Waals surface area contributed by atoms with Crippen LogP contribution >= 0.6 is 0 Å². The van der Waals surface area contributed by atoms with Crippen molar-refractivity contribution >= 4 is 23.4 Å². The highest BCUT2D eigenvalue weighted by Gasteiger charge is 2.24. The Morgan fingerprint density at radius 2 is 2.14 bits per heavy atom. The average Bonchev–Trinajstić information content (AvgIpc) is 3.15. The number of carbonyl (C=O) groups is 2. The number of hydrogen-bond acceptors (Lipinski definition) is 7. The number of rotatable bonds is 3. The smallest absolute Gasteiger partial charge is 0.411 e. The highest BCUT2D eigenvalue weighted by atomic mass is 16.5. The molecule has 156 valence electrons. The van der Waals surface area contributed by atoms with Gasteiger partial charge in [0.1, 0.15) is 11.5 Å². The fourth-order valence-corrected chi connectivity index (χ4v) is 3.28. The predicted octanol–water partition coefficient (Wildman–Crippen LogP) is 3.42. The maximum atomic E-state index is 12.5. The molecule has 9 heteroatoms. The third kappa shape index (κ3) is 4.86. The van der Waals surface area contributed by atoms with Crippen LogP contribution in [0.5, 0.6) is 0 Å². The second kappa shape index (κ2) is 9.42. The lowest BCUT2D eigenvalue weighted by molar-refractivity contribution is 0.0521. The first kappa shape index (κ1) is 20.7. The van der Waals surface area contributed by atoms with Crippen LogP contribution in [0.1, 0.15) is 55.0 Å². The number of ether oxygens (including phenoxy) is 2. The van der Waals surface area contributed by atoms with Crippen molar-refractivity contribution in [1.82, 2.24) is 9.97 Å². The molecule has 0 radical (unpaired) electrons. The van der Waals surface area contributed by atoms with Crippen LogP contribution in [0.4, 0.5) is 16.2 Å². The number of carbonyl (C=O) groups excluding carboxylic acids is 2. The van der Waals surface area contributed by atoms with E-state index in [1.807, 2.05) is 0 Å². The van der Waals surface area contributed by atoms with Crippen molar-refractivity contribution < 1.29 is 19.1 Å². The minimum absolute atomic E-state index is 0.256. The summed E-state index contributed by atoms with van der Waals surface area (Å²) >= 11 is 0. The second-order valence-corrected chi connectivity index (χ2v) is 6.83. The molecule has 1 aromatic heterocycles. The lowest BCUT2D eigenvalue weighted by Crippen LogP contribution is -2.13. The lowest BCUT2D eigenvalue weighted by Gasteiger charge is -2.15. The van der Waals surface area contributed by atoms with Crippen molar-refractivity contribution in [2.24, 2.45) is 5.73 Å². The van der Waals surface area contributed by atoms with Crippen molar-refractivity contribution in [3.63, 3.8) is 0 Å². The van der Waals surface area contributed by atoms with Crippen molar-refractivity contribution in [2.45, 2.75) is 38.6 Å². The number of esters is 1. The number of fused-ring (bicyclic) bond motifs is 4. The van der Waals surface area contributed by atoms with Crippen molar-refractivity contribution in [1.29, 1.82) is 0 Å². The molecule has 2 bridgehead atoms. The number of aromatic amines is 1. The summed E-state index contributed by atoms with van der Waals surface area (Å²) in [4.78, 5) is 31.8. The summed E-state index contributed by atoms with van der Waals surface area (Å²) in [5, 5.41) is 6.04. The molecule has 1 aliphatic heterocycles. The number of anilines is 2. The van der Waals surface area contributed by atoms with Crippen LogP contribution in [-0.2, 0) is 9.47 Å². The van der Waals surface area contributed by atoms with E-state index in [-0.39, 0.29) is 18.3 Å². The van der Waals surface area contributed by atoms with Gasteiger partial charge in [0.05, 0.1) is 19.8 Å². The number of nitrogens with one attached hydrogen (secondary N) is 3. The summed E-state index contributed by atoms with van der Waals surface area (Å²) in [6, 6.07) is 5.04. The topological polar surface area (TPSA) is 131 Å². The molecular formula is C20H27N5O4. The minimum Gasteiger partial charge on any atom is -0.461 e. The van der Waals surface area contributed by atoms with Crippen LogP contribution < -0.4 is 16.4 Å². The Balaban J connectivity index is 2.09. The molecule has 5 N–H and O–H groups in total. The molecule has 0 saturated heterocycles. The molecule has 0 spiro atoms. The third-order valence-electron chi connectivity index (χ3n) is 4.77. The number of aromatic nitrogens is 2. The van der Waals surface area contributed by atoms with Gasteiger partial charge in [-0.05, 0) is 38.0 Å². The molecule has 1 aliphatic rings. The molecule has 1 aromatic carbocycles. The molecule has 2 aromatic rings. The molecule has 9 nitrogen and oxygen atoms in total. The van der Waals surface area contributed by atoms with Gasteiger partial charge in [0.15, 0.2) is 5.69 Å². The minimum atomic E-state index is -0.557. The van der Waals surface area contributed by atoms with Gasteiger partial charge in [0.25, 0.3) is 0 Å². The van der Waals surface area contributed by atoms with Crippen LogP contribution in [0, 0.1) is 0 Å². The van der Waals surface area contributed by atoms with Gasteiger partial charge in [-0.25, -0.2) is 14.6 Å². The van der Waals surface area contributed by atoms with Gasteiger partial charge in [0, 0.05) is 23.5 Å². The van der Waals surface area contributed by atoms with Gasteiger partial charge in [-0.1, -0.05) is 12.8 Å². The summed E-state index contributed by atoms with van der Waals surface area (Å²) in [6.45, 7) is 2.76. The van der Waals surface area contributed by atoms with Gasteiger partial charge in [0.2, 0.25) is 0 Å². The monoisotopic (exact) mass is 401 g/mol. The van der Waals surface area contributed by atoms with Gasteiger partial charge < -0.3 is 25.5 Å². The summed E-state index contributed by atoms with van der Waals surface area (Å²) < 4.78 is 9.86. The SMILES string of the molecule is CCOC(=O)c1[nH]c2nc1-c1ccc(NC(=O)OC)cc1NCCCCC[C@@H]2N. The summed E-state index contributed by atoms with van der Waals surface area (Å²) in [5.74, 6) is 0.0809. The first-order valence-corrected chi connectivity index (χ1v) is 9.79. The van der Waals surface area contributed by atoms with E-state index in [9.17, 15) is 9.59 Å². The molecule has 29 heavy (non-hydrogen) atoms. The van der Waals surface area contributed by atoms with Gasteiger partial charge in [-0.2, -0.15) is 0 Å². The number of methoxy groups -OCH3 is 1. The number of nitrogens with zero attached hydrogens (tertiary/aromatic N) is 1. The zero-order valence-corrected chi connectivity index (χ0v) is 16.7. The lowest BCUT2D eigenvalue weighted by atomic mass is 10.1. The molecule has 0 aliphatic carbocycles. The molecule has 2 heterocycles. The van der Waals surface area contributed by atoms with Gasteiger partial charge in [-0.3, -0.25) is 5.32 Å². The molecular weight excluding hydrogens is 374 g/mol. The van der Waals surface area contributed by atoms with E-state index in [4.69, 9.17) is 10.5 Å². The Hall–Kier alpha value is -3.07. The van der Waals surface area contributed by atoms with E-state index in [1.165, 1.54) is 7.11 Å². The number of nitrogens with two attached hydrogens (primary N) is 1. The van der Waals surface area contributed by atoms with E-state index < -0.39 is 12.1 Å². The Labute approximate surface area is 169 Å². The van der Waals surface area contributed by atoms with Crippen LogP contribution in [0.3, 0.4) is 0 Å². The van der Waals surface area contributed by atoms with Crippen molar-refractivity contribution in [3.8, 4) is 11.3 Å². The number of amides is 1. The zero-order chi connectivity index (χ0) is 20.8. The van der Waals surface area contributed by atoms with Crippen LogP contribution in [0.2, 0.25) is 0 Å². The number of hydrogen-bond donors (Lipinski definition) is 4. The molecule has 0 fully saturated rings. The number of H-pyrrole nitrogens is 1. The largest absolute Gasteiger partial charge is 0.461 e. The standard InChI is InChI=1S/C20H27N5O4/c1-3-29-19(26)17-16-13-9-8-12(23-20(27)28-2)11-15(13)22-10-6-4-5-7-14(21)18(24-16)25-17/h8-9,11,14,22H,3-7,10,21H2,1-2H3,(H,23,27)(H,24,25)/t14-/m0/s1. The van der Waals surface area contributed by atoms with Crippen LogP contribution in [-0.4, -0.2) is 42.3 Å². The van der Waals surface area contributed by atoms with E-state index in [0.29, 0.717) is 17.2 Å². The van der Waals surface area contributed by atoms with Crippen LogP contribution in [0.25, 0.3) is 11.3 Å². The first-order valence-electron chi connectivity index (χ1n) is 9.79. The molecule has 0 saturated carbocycles. The fourth-order valence-electron chi connectivity index (χ4n) is 3.28. The maximum Gasteiger partial charge on any atom is 0.411 e. The summed E-state index contributed by atoms with van der Waals surface area (Å²) in [6.07, 6.45) is 3.19. The Kier molecular flexibility index (Phi) is 6.71. The van der Waals surface area contributed by atoms with E-state index in [0.717, 1.165) is 43.5 Å². The average molecular weight is 401 g/mol. The first-order chi connectivity index (χ1) is 14.0. The number of imidazole rings is 1. The number of benzene rings is 1. The molecule has 0 unspecified atom stereocenters. The highest BCUT2D eigenvalue weighted by Crippen LogP contribution is 2.34. The van der Waals surface area contributed by atoms with E-state index >= 15 is 0 Å². The van der Waals surface area contributed by atoms with Gasteiger partial charge >= 0.3 is 12.1 Å². The van der Waals surface area contributed by atoms with Crippen LogP contribution in [0.15, 0.2) is 18.2 Å². The van der Waals surface area contributed by atoms with Gasteiger partial charge in [-0.15, -0.1) is 0 Å². The normalized spacial score (nSPS) is 16.4. The quantitative estimate of drug-likeness (QED) is 0.580. The second-order valence-electron chi connectivity index (χ2n) is 6.83. The predicted molar refractivity (Wildman–Crippen MR) is 110 cm³/mol. The highest BCUT2D eigenvalue weighted by molar-refractivity contribution is 5.97. The fraction of sp³-hybridized carbons (Fsp3) is 0.450. The maximum absolute atomic E-state index is 12.5. The molecule has 1 atom stereocenters. The molecule has 1 amide bonds.